The van der Waals surface area contributed by atoms with Crippen molar-refractivity contribution in [3.63, 3.8) is 0 Å². The smallest absolute Gasteiger partial charge is 0.211 e. The van der Waals surface area contributed by atoms with Crippen LogP contribution in [0.4, 0.5) is 0 Å². The zero-order valence-electron chi connectivity index (χ0n) is 8.91. The predicted molar refractivity (Wildman–Crippen MR) is 60.6 cm³/mol. The summed E-state index contributed by atoms with van der Waals surface area (Å²) in [4.78, 5) is 0. The lowest BCUT2D eigenvalue weighted by atomic mass is 10.3. The minimum Gasteiger partial charge on any atom is -0.383 e. The Balaban J connectivity index is 2.12. The summed E-state index contributed by atoms with van der Waals surface area (Å²) in [7, 11) is -1.50. The summed E-state index contributed by atoms with van der Waals surface area (Å²) < 4.78 is 30.3. The molecule has 90 valence electrons. The van der Waals surface area contributed by atoms with Crippen LogP contribution in [0.3, 0.4) is 0 Å². The van der Waals surface area contributed by atoms with E-state index in [4.69, 9.17) is 16.3 Å². The van der Waals surface area contributed by atoms with Gasteiger partial charge in [0.25, 0.3) is 0 Å². The van der Waals surface area contributed by atoms with Gasteiger partial charge in [-0.25, -0.2) is 13.1 Å². The van der Waals surface area contributed by atoms with Gasteiger partial charge in [0.15, 0.2) is 0 Å². The molecule has 1 atom stereocenters. The number of ether oxygens (including phenoxy) is 1. The van der Waals surface area contributed by atoms with Gasteiger partial charge in [-0.2, -0.15) is 0 Å². The Morgan fingerprint density at radius 1 is 1.53 bits per heavy atom. The van der Waals surface area contributed by atoms with E-state index in [1.54, 1.807) is 7.11 Å². The second kappa shape index (κ2) is 6.03. The number of nitrogens with one attached hydrogen (secondary N) is 1. The third-order valence-corrected chi connectivity index (χ3v) is 4.18. The molecule has 1 aliphatic rings. The van der Waals surface area contributed by atoms with Crippen molar-refractivity contribution in [3.8, 4) is 0 Å². The Morgan fingerprint density at radius 3 is 2.73 bits per heavy atom. The molecule has 0 aromatic rings. The number of rotatable bonds is 8. The second-order valence-electron chi connectivity index (χ2n) is 3.96. The summed E-state index contributed by atoms with van der Waals surface area (Å²) in [6.45, 7) is 0.846. The highest BCUT2D eigenvalue weighted by molar-refractivity contribution is 7.89. The Bertz CT molecular complexity index is 277. The zero-order chi connectivity index (χ0) is 11.3. The van der Waals surface area contributed by atoms with Crippen LogP contribution in [0.2, 0.25) is 0 Å². The summed E-state index contributed by atoms with van der Waals surface area (Å²) in [5, 5.41) is -0.126. The first-order valence-corrected chi connectivity index (χ1v) is 7.22. The predicted octanol–water partition coefficient (Wildman–Crippen LogP) is 0.960. The number of hydrogen-bond acceptors (Lipinski definition) is 3. The molecule has 0 saturated heterocycles. The molecule has 0 bridgehead atoms. The molecule has 4 nitrogen and oxygen atoms in total. The van der Waals surface area contributed by atoms with E-state index < -0.39 is 10.0 Å². The first-order chi connectivity index (χ1) is 7.03. The van der Waals surface area contributed by atoms with Gasteiger partial charge >= 0.3 is 0 Å². The highest BCUT2D eigenvalue weighted by Gasteiger charge is 2.27. The fourth-order valence-electron chi connectivity index (χ4n) is 1.29. The lowest BCUT2D eigenvalue weighted by Gasteiger charge is -2.09. The van der Waals surface area contributed by atoms with Crippen LogP contribution in [0.5, 0.6) is 0 Å². The summed E-state index contributed by atoms with van der Waals surface area (Å²) in [6, 6.07) is 0. The number of hydrogen-bond donors (Lipinski definition) is 1. The van der Waals surface area contributed by atoms with E-state index in [-0.39, 0.29) is 11.1 Å². The van der Waals surface area contributed by atoms with Crippen LogP contribution in [-0.4, -0.2) is 39.8 Å². The van der Waals surface area contributed by atoms with Gasteiger partial charge < -0.3 is 4.74 Å². The second-order valence-corrected chi connectivity index (χ2v) is 6.43. The van der Waals surface area contributed by atoms with Gasteiger partial charge in [-0.15, -0.1) is 11.6 Å². The minimum absolute atomic E-state index is 0.126. The molecule has 1 saturated carbocycles. The van der Waals surface area contributed by atoms with Crippen LogP contribution in [-0.2, 0) is 14.8 Å². The lowest BCUT2D eigenvalue weighted by molar-refractivity contribution is 0.196. The number of alkyl halides is 1. The van der Waals surface area contributed by atoms with Crippen LogP contribution >= 0.6 is 11.6 Å². The first-order valence-electron chi connectivity index (χ1n) is 5.14. The molecule has 0 aromatic carbocycles. The van der Waals surface area contributed by atoms with E-state index >= 15 is 0 Å². The van der Waals surface area contributed by atoms with Crippen molar-refractivity contribution in [3.05, 3.63) is 0 Å². The van der Waals surface area contributed by atoms with Crippen molar-refractivity contribution < 1.29 is 13.2 Å². The topological polar surface area (TPSA) is 55.4 Å². The molecule has 0 aromatic heterocycles. The highest BCUT2D eigenvalue weighted by Crippen LogP contribution is 2.29. The third kappa shape index (κ3) is 6.35. The largest absolute Gasteiger partial charge is 0.383 e. The van der Waals surface area contributed by atoms with Crippen molar-refractivity contribution >= 4 is 21.6 Å². The molecule has 1 fully saturated rings. The van der Waals surface area contributed by atoms with Crippen molar-refractivity contribution in [2.45, 2.75) is 24.6 Å². The number of halogens is 1. The average molecular weight is 256 g/mol. The molecule has 0 amide bonds. The lowest BCUT2D eigenvalue weighted by Crippen LogP contribution is -2.29. The fraction of sp³-hybridized carbons (Fsp3) is 1.00. The fourth-order valence-corrected chi connectivity index (χ4v) is 3.02. The van der Waals surface area contributed by atoms with Crippen LogP contribution in [0.15, 0.2) is 0 Å². The molecule has 1 N–H and O–H groups in total. The van der Waals surface area contributed by atoms with Crippen molar-refractivity contribution in [1.82, 2.24) is 4.72 Å². The molecule has 1 aliphatic carbocycles. The molecular weight excluding hydrogens is 238 g/mol. The minimum atomic E-state index is -3.08. The van der Waals surface area contributed by atoms with Crippen molar-refractivity contribution in [2.24, 2.45) is 5.92 Å². The summed E-state index contributed by atoms with van der Waals surface area (Å²) in [6.07, 6.45) is 2.69. The Hall–Kier alpha value is 0.160. The summed E-state index contributed by atoms with van der Waals surface area (Å²) in [5.74, 6) is 0.651. The maximum atomic E-state index is 11.4. The van der Waals surface area contributed by atoms with E-state index in [0.29, 0.717) is 25.5 Å². The standard InChI is InChI=1S/C9H18ClNO3S/c1-14-6-9(10)4-5-11-15(12,13)7-8-2-3-8/h8-9,11H,2-7H2,1H3. The normalized spacial score (nSPS) is 19.1. The average Bonchev–Trinajstić information content (AvgIpc) is 2.87. The summed E-state index contributed by atoms with van der Waals surface area (Å²) in [5.41, 5.74) is 0. The maximum Gasteiger partial charge on any atom is 0.211 e. The van der Waals surface area contributed by atoms with E-state index in [1.807, 2.05) is 0 Å². The molecule has 0 radical (unpaired) electrons. The highest BCUT2D eigenvalue weighted by atomic mass is 35.5. The van der Waals surface area contributed by atoms with Crippen LogP contribution < -0.4 is 4.72 Å². The van der Waals surface area contributed by atoms with Gasteiger partial charge in [-0.05, 0) is 25.2 Å². The van der Waals surface area contributed by atoms with E-state index in [0.717, 1.165) is 12.8 Å². The SMILES string of the molecule is COCC(Cl)CCNS(=O)(=O)CC1CC1. The number of sulfonamides is 1. The Kier molecular flexibility index (Phi) is 5.32. The van der Waals surface area contributed by atoms with Gasteiger partial charge in [0.05, 0.1) is 17.7 Å². The van der Waals surface area contributed by atoms with Gasteiger partial charge in [-0.1, -0.05) is 0 Å². The third-order valence-electron chi connectivity index (χ3n) is 2.28. The zero-order valence-corrected chi connectivity index (χ0v) is 10.5. The molecule has 1 unspecified atom stereocenters. The van der Waals surface area contributed by atoms with Gasteiger partial charge in [-0.3, -0.25) is 0 Å². The quantitative estimate of drug-likeness (QED) is 0.658. The molecule has 0 heterocycles. The summed E-state index contributed by atoms with van der Waals surface area (Å²) >= 11 is 5.87. The van der Waals surface area contributed by atoms with Crippen molar-refractivity contribution in [2.75, 3.05) is 26.0 Å². The molecule has 6 heteroatoms. The van der Waals surface area contributed by atoms with E-state index in [9.17, 15) is 8.42 Å². The van der Waals surface area contributed by atoms with Gasteiger partial charge in [0.2, 0.25) is 10.0 Å². The van der Waals surface area contributed by atoms with Crippen LogP contribution in [0, 0.1) is 5.92 Å². The maximum absolute atomic E-state index is 11.4. The molecule has 0 aliphatic heterocycles. The number of methoxy groups -OCH3 is 1. The Morgan fingerprint density at radius 2 is 2.20 bits per heavy atom. The van der Waals surface area contributed by atoms with E-state index in [1.165, 1.54) is 0 Å². The molecule has 15 heavy (non-hydrogen) atoms. The van der Waals surface area contributed by atoms with Gasteiger partial charge in [0, 0.05) is 13.7 Å². The van der Waals surface area contributed by atoms with Crippen LogP contribution in [0.25, 0.3) is 0 Å². The van der Waals surface area contributed by atoms with Crippen molar-refractivity contribution in [1.29, 1.82) is 0 Å². The molecule has 1 rings (SSSR count). The first kappa shape index (κ1) is 13.2. The van der Waals surface area contributed by atoms with Gasteiger partial charge in [0.1, 0.15) is 0 Å². The Labute approximate surface area is 96.4 Å². The monoisotopic (exact) mass is 255 g/mol. The van der Waals surface area contributed by atoms with Crippen LogP contribution in [0.1, 0.15) is 19.3 Å². The molecular formula is C9H18ClNO3S. The molecule has 0 spiro atoms. The van der Waals surface area contributed by atoms with E-state index in [2.05, 4.69) is 4.72 Å².